The summed E-state index contributed by atoms with van der Waals surface area (Å²) in [6.45, 7) is 3.45. The Labute approximate surface area is 107 Å². The first kappa shape index (κ1) is 14.8. The predicted octanol–water partition coefficient (Wildman–Crippen LogP) is 0.537. The van der Waals surface area contributed by atoms with Crippen molar-refractivity contribution in [2.75, 3.05) is 26.9 Å². The van der Waals surface area contributed by atoms with E-state index in [4.69, 9.17) is 14.6 Å². The summed E-state index contributed by atoms with van der Waals surface area (Å²) in [7, 11) is 1.57. The number of rotatable bonds is 8. The first-order chi connectivity index (χ1) is 8.71. The summed E-state index contributed by atoms with van der Waals surface area (Å²) in [6.07, 6.45) is -0.879. The number of benzene rings is 1. The average Bonchev–Trinajstić information content (AvgIpc) is 2.42. The second-order valence-corrected chi connectivity index (χ2v) is 3.91. The van der Waals surface area contributed by atoms with Gasteiger partial charge in [0, 0.05) is 6.54 Å². The van der Waals surface area contributed by atoms with E-state index in [9.17, 15) is 5.11 Å². The van der Waals surface area contributed by atoms with E-state index in [1.165, 1.54) is 0 Å². The van der Waals surface area contributed by atoms with Gasteiger partial charge >= 0.3 is 0 Å². The van der Waals surface area contributed by atoms with Gasteiger partial charge in [-0.3, -0.25) is 0 Å². The van der Waals surface area contributed by atoms with Crippen LogP contribution in [0.5, 0.6) is 11.5 Å². The van der Waals surface area contributed by atoms with Crippen LogP contribution in [-0.4, -0.2) is 43.2 Å². The lowest BCUT2D eigenvalue weighted by atomic mass is 10.2. The number of ether oxygens (including phenoxy) is 2. The normalized spacial score (nSPS) is 12.2. The average molecular weight is 255 g/mol. The van der Waals surface area contributed by atoms with Crippen molar-refractivity contribution >= 4 is 0 Å². The van der Waals surface area contributed by atoms with Crippen LogP contribution < -0.4 is 14.8 Å². The van der Waals surface area contributed by atoms with E-state index in [2.05, 4.69) is 5.32 Å². The molecule has 18 heavy (non-hydrogen) atoms. The van der Waals surface area contributed by atoms with Gasteiger partial charge < -0.3 is 25.0 Å². The predicted molar refractivity (Wildman–Crippen MR) is 69.0 cm³/mol. The van der Waals surface area contributed by atoms with Gasteiger partial charge in [0.1, 0.15) is 12.7 Å². The van der Waals surface area contributed by atoms with Crippen LogP contribution in [0.2, 0.25) is 0 Å². The van der Waals surface area contributed by atoms with Gasteiger partial charge in [-0.05, 0) is 24.2 Å². The molecule has 0 aromatic heterocycles. The van der Waals surface area contributed by atoms with Crippen molar-refractivity contribution in [3.8, 4) is 11.5 Å². The van der Waals surface area contributed by atoms with Gasteiger partial charge in [-0.1, -0.05) is 13.0 Å². The highest BCUT2D eigenvalue weighted by Crippen LogP contribution is 2.28. The topological polar surface area (TPSA) is 71.0 Å². The van der Waals surface area contributed by atoms with Crippen LogP contribution in [0.3, 0.4) is 0 Å². The molecule has 1 atom stereocenters. The molecule has 0 saturated heterocycles. The molecular formula is C13H21NO4. The zero-order chi connectivity index (χ0) is 13.4. The van der Waals surface area contributed by atoms with Crippen molar-refractivity contribution in [3.05, 3.63) is 23.8 Å². The van der Waals surface area contributed by atoms with Crippen LogP contribution in [0.25, 0.3) is 0 Å². The lowest BCUT2D eigenvalue weighted by Crippen LogP contribution is -2.21. The van der Waals surface area contributed by atoms with Gasteiger partial charge in [0.25, 0.3) is 0 Å². The van der Waals surface area contributed by atoms with E-state index in [0.29, 0.717) is 11.5 Å². The zero-order valence-electron chi connectivity index (χ0n) is 10.8. The Morgan fingerprint density at radius 1 is 1.33 bits per heavy atom. The molecule has 0 aliphatic heterocycles. The fourth-order valence-corrected chi connectivity index (χ4v) is 1.45. The molecule has 0 fully saturated rings. The van der Waals surface area contributed by atoms with Crippen LogP contribution in [0, 0.1) is 0 Å². The van der Waals surface area contributed by atoms with Crippen LogP contribution in [0.15, 0.2) is 18.2 Å². The quantitative estimate of drug-likeness (QED) is 0.632. The molecule has 102 valence electrons. The van der Waals surface area contributed by atoms with Crippen molar-refractivity contribution in [2.24, 2.45) is 0 Å². The second kappa shape index (κ2) is 7.92. The molecule has 0 spiro atoms. The molecule has 1 rings (SSSR count). The van der Waals surface area contributed by atoms with Crippen molar-refractivity contribution in [1.29, 1.82) is 0 Å². The maximum absolute atomic E-state index is 9.23. The minimum atomic E-state index is -0.879. The molecule has 0 heterocycles. The molecule has 1 aromatic carbocycles. The summed E-state index contributed by atoms with van der Waals surface area (Å²) in [4.78, 5) is 0. The summed E-state index contributed by atoms with van der Waals surface area (Å²) in [6, 6.07) is 5.63. The van der Waals surface area contributed by atoms with E-state index in [1.807, 2.05) is 19.1 Å². The maximum atomic E-state index is 9.23. The number of methoxy groups -OCH3 is 1. The molecule has 3 N–H and O–H groups in total. The van der Waals surface area contributed by atoms with Gasteiger partial charge in [-0.25, -0.2) is 0 Å². The summed E-state index contributed by atoms with van der Waals surface area (Å²) in [5.41, 5.74) is 1.10. The summed E-state index contributed by atoms with van der Waals surface area (Å²) in [5, 5.41) is 21.2. The minimum Gasteiger partial charge on any atom is -0.493 e. The van der Waals surface area contributed by atoms with Crippen molar-refractivity contribution in [2.45, 2.75) is 19.6 Å². The first-order valence-electron chi connectivity index (χ1n) is 6.00. The third kappa shape index (κ3) is 4.52. The first-order valence-corrected chi connectivity index (χ1v) is 6.00. The second-order valence-electron chi connectivity index (χ2n) is 3.91. The highest BCUT2D eigenvalue weighted by Gasteiger charge is 2.08. The van der Waals surface area contributed by atoms with Gasteiger partial charge in [0.2, 0.25) is 0 Å². The molecule has 0 saturated carbocycles. The van der Waals surface area contributed by atoms with E-state index in [1.54, 1.807) is 13.2 Å². The van der Waals surface area contributed by atoms with E-state index < -0.39 is 6.10 Å². The van der Waals surface area contributed by atoms with Gasteiger partial charge in [0.15, 0.2) is 11.5 Å². The van der Waals surface area contributed by atoms with Crippen LogP contribution in [0.1, 0.15) is 12.5 Å². The van der Waals surface area contributed by atoms with E-state index in [-0.39, 0.29) is 13.2 Å². The van der Waals surface area contributed by atoms with Crippen molar-refractivity contribution in [3.63, 3.8) is 0 Å². The Morgan fingerprint density at radius 3 is 2.72 bits per heavy atom. The highest BCUT2D eigenvalue weighted by molar-refractivity contribution is 5.42. The third-order valence-corrected chi connectivity index (χ3v) is 2.45. The fourth-order valence-electron chi connectivity index (χ4n) is 1.45. The summed E-state index contributed by atoms with van der Waals surface area (Å²) in [5.74, 6) is 1.18. The smallest absolute Gasteiger partial charge is 0.161 e. The third-order valence-electron chi connectivity index (χ3n) is 2.45. The van der Waals surface area contributed by atoms with Gasteiger partial charge in [0.05, 0.1) is 13.7 Å². The van der Waals surface area contributed by atoms with Crippen LogP contribution >= 0.6 is 0 Å². The Kier molecular flexibility index (Phi) is 6.49. The number of aliphatic hydroxyl groups excluding tert-OH is 2. The molecule has 0 aliphatic rings. The number of nitrogens with one attached hydrogen (secondary N) is 1. The van der Waals surface area contributed by atoms with Gasteiger partial charge in [-0.15, -0.1) is 0 Å². The van der Waals surface area contributed by atoms with Crippen molar-refractivity contribution in [1.82, 2.24) is 5.32 Å². The lowest BCUT2D eigenvalue weighted by molar-refractivity contribution is 0.0527. The largest absolute Gasteiger partial charge is 0.493 e. The Morgan fingerprint density at radius 2 is 2.11 bits per heavy atom. The SMILES string of the molecule is CCNCc1ccc(OCC(O)CO)c(OC)c1. The molecular weight excluding hydrogens is 234 g/mol. The molecule has 1 unspecified atom stereocenters. The molecule has 0 bridgehead atoms. The van der Waals surface area contributed by atoms with Gasteiger partial charge in [-0.2, -0.15) is 0 Å². The number of hydrogen-bond donors (Lipinski definition) is 3. The standard InChI is InChI=1S/C13H21NO4/c1-3-14-7-10-4-5-12(13(6-10)17-2)18-9-11(16)8-15/h4-6,11,14-16H,3,7-9H2,1-2H3. The molecule has 0 amide bonds. The van der Waals surface area contributed by atoms with Crippen LogP contribution in [0.4, 0.5) is 0 Å². The molecule has 0 aliphatic carbocycles. The lowest BCUT2D eigenvalue weighted by Gasteiger charge is -2.14. The number of aliphatic hydroxyl groups is 2. The van der Waals surface area contributed by atoms with E-state index in [0.717, 1.165) is 18.7 Å². The van der Waals surface area contributed by atoms with E-state index >= 15 is 0 Å². The summed E-state index contributed by atoms with van der Waals surface area (Å²) < 4.78 is 10.6. The molecule has 5 heteroatoms. The van der Waals surface area contributed by atoms with Crippen molar-refractivity contribution < 1.29 is 19.7 Å². The summed E-state index contributed by atoms with van der Waals surface area (Å²) >= 11 is 0. The monoisotopic (exact) mass is 255 g/mol. The Bertz CT molecular complexity index is 357. The minimum absolute atomic E-state index is 0.0411. The zero-order valence-corrected chi connectivity index (χ0v) is 10.8. The number of hydrogen-bond acceptors (Lipinski definition) is 5. The van der Waals surface area contributed by atoms with Crippen LogP contribution in [-0.2, 0) is 6.54 Å². The molecule has 5 nitrogen and oxygen atoms in total. The Balaban J connectivity index is 2.67. The maximum Gasteiger partial charge on any atom is 0.161 e. The highest BCUT2D eigenvalue weighted by atomic mass is 16.5. The molecule has 1 aromatic rings. The Hall–Kier alpha value is -1.30. The molecule has 0 radical (unpaired) electrons. The fraction of sp³-hybridized carbons (Fsp3) is 0.538.